The van der Waals surface area contributed by atoms with Crippen molar-refractivity contribution in [3.05, 3.63) is 52.0 Å². The standard InChI is InChI=1S/C17H14F3N5O3/c18-17(19,20)13-10(7-9-3-2-6-21-14(9)22-13)8-24-16(28)25-11(15(26)27)4-1-5-12(25)23-24/h2-3,6-7,11H,1,4-5,8H2,(H,26,27)/t11-/m0/s1. The lowest BCUT2D eigenvalue weighted by Gasteiger charge is -2.19. The number of aryl methyl sites for hydroxylation is 1. The summed E-state index contributed by atoms with van der Waals surface area (Å²) in [5.74, 6) is -0.912. The number of nitrogens with zero attached hydrogens (tertiary/aromatic N) is 5. The van der Waals surface area contributed by atoms with Gasteiger partial charge >= 0.3 is 17.8 Å². The Morgan fingerprint density at radius 3 is 2.86 bits per heavy atom. The van der Waals surface area contributed by atoms with Crippen LogP contribution in [-0.2, 0) is 23.9 Å². The van der Waals surface area contributed by atoms with Crippen LogP contribution in [0.2, 0.25) is 0 Å². The van der Waals surface area contributed by atoms with Gasteiger partial charge in [-0.05, 0) is 31.0 Å². The van der Waals surface area contributed by atoms with E-state index in [1.807, 2.05) is 0 Å². The number of aliphatic carboxylic acids is 1. The van der Waals surface area contributed by atoms with Crippen LogP contribution in [0.4, 0.5) is 13.2 Å². The summed E-state index contributed by atoms with van der Waals surface area (Å²) in [4.78, 5) is 31.5. The molecule has 0 aliphatic carbocycles. The van der Waals surface area contributed by atoms with Crippen molar-refractivity contribution >= 4 is 17.0 Å². The van der Waals surface area contributed by atoms with Gasteiger partial charge in [-0.1, -0.05) is 0 Å². The summed E-state index contributed by atoms with van der Waals surface area (Å²) >= 11 is 0. The predicted molar refractivity (Wildman–Crippen MR) is 89.7 cm³/mol. The topological polar surface area (TPSA) is 103 Å². The highest BCUT2D eigenvalue weighted by Gasteiger charge is 2.37. The Morgan fingerprint density at radius 2 is 2.14 bits per heavy atom. The normalized spacial score (nSPS) is 16.9. The second-order valence-corrected chi connectivity index (χ2v) is 6.52. The average molecular weight is 393 g/mol. The van der Waals surface area contributed by atoms with Gasteiger partial charge in [0.2, 0.25) is 0 Å². The summed E-state index contributed by atoms with van der Waals surface area (Å²) in [5, 5.41) is 13.8. The van der Waals surface area contributed by atoms with Crippen LogP contribution in [0.5, 0.6) is 0 Å². The third kappa shape index (κ3) is 3.02. The van der Waals surface area contributed by atoms with Crippen molar-refractivity contribution in [2.24, 2.45) is 0 Å². The van der Waals surface area contributed by atoms with Gasteiger partial charge in [0.15, 0.2) is 11.3 Å². The minimum absolute atomic E-state index is 0.0546. The first kappa shape index (κ1) is 18.1. The molecule has 4 heterocycles. The predicted octanol–water partition coefficient (Wildman–Crippen LogP) is 2.02. The number of fused-ring (bicyclic) bond motifs is 2. The molecule has 3 aromatic heterocycles. The van der Waals surface area contributed by atoms with E-state index in [4.69, 9.17) is 0 Å². The summed E-state index contributed by atoms with van der Waals surface area (Å²) in [6, 6.07) is 3.35. The summed E-state index contributed by atoms with van der Waals surface area (Å²) in [5.41, 5.74) is -2.19. The number of alkyl halides is 3. The van der Waals surface area contributed by atoms with E-state index >= 15 is 0 Å². The zero-order chi connectivity index (χ0) is 20.1. The van der Waals surface area contributed by atoms with Crippen LogP contribution in [0.25, 0.3) is 11.0 Å². The first-order valence-corrected chi connectivity index (χ1v) is 8.48. The number of hydrogen-bond donors (Lipinski definition) is 1. The fraction of sp³-hybridized carbons (Fsp3) is 0.353. The molecule has 3 aromatic rings. The molecule has 0 saturated carbocycles. The van der Waals surface area contributed by atoms with Gasteiger partial charge in [-0.3, -0.25) is 4.57 Å². The smallest absolute Gasteiger partial charge is 0.433 e. The molecule has 4 rings (SSSR count). The van der Waals surface area contributed by atoms with E-state index in [0.29, 0.717) is 18.2 Å². The van der Waals surface area contributed by atoms with Gasteiger partial charge < -0.3 is 5.11 Å². The largest absolute Gasteiger partial charge is 0.480 e. The molecule has 11 heteroatoms. The second-order valence-electron chi connectivity index (χ2n) is 6.52. The molecular formula is C17H14F3N5O3. The number of pyridine rings is 2. The lowest BCUT2D eigenvalue weighted by molar-refractivity contribution is -0.142. The molecule has 0 unspecified atom stereocenters. The Labute approximate surface area is 155 Å². The molecule has 0 spiro atoms. The van der Waals surface area contributed by atoms with Crippen LogP contribution in [0, 0.1) is 0 Å². The maximum atomic E-state index is 13.5. The molecule has 1 N–H and O–H groups in total. The number of hydrogen-bond acceptors (Lipinski definition) is 5. The third-order valence-electron chi connectivity index (χ3n) is 4.67. The van der Waals surface area contributed by atoms with Crippen LogP contribution in [-0.4, -0.2) is 35.4 Å². The lowest BCUT2D eigenvalue weighted by atomic mass is 10.1. The number of aromatic nitrogens is 5. The summed E-state index contributed by atoms with van der Waals surface area (Å²) < 4.78 is 42.4. The molecule has 8 nitrogen and oxygen atoms in total. The molecule has 1 aliphatic rings. The van der Waals surface area contributed by atoms with Gasteiger partial charge in [-0.15, -0.1) is 0 Å². The van der Waals surface area contributed by atoms with Crippen LogP contribution in [0.1, 0.15) is 36.0 Å². The molecule has 0 radical (unpaired) electrons. The van der Waals surface area contributed by atoms with Crippen LogP contribution < -0.4 is 5.69 Å². The van der Waals surface area contributed by atoms with Gasteiger partial charge in [-0.2, -0.15) is 18.3 Å². The Bertz CT molecular complexity index is 1140. The van der Waals surface area contributed by atoms with Crippen LogP contribution in [0.15, 0.2) is 29.2 Å². The van der Waals surface area contributed by atoms with Crippen molar-refractivity contribution in [1.29, 1.82) is 0 Å². The van der Waals surface area contributed by atoms with Crippen molar-refractivity contribution in [2.75, 3.05) is 0 Å². The molecule has 146 valence electrons. The van der Waals surface area contributed by atoms with E-state index in [2.05, 4.69) is 15.1 Å². The Hall–Kier alpha value is -3.24. The maximum Gasteiger partial charge on any atom is 0.433 e. The highest BCUT2D eigenvalue weighted by Crippen LogP contribution is 2.32. The maximum absolute atomic E-state index is 13.5. The van der Waals surface area contributed by atoms with Gasteiger partial charge in [0.1, 0.15) is 11.9 Å². The van der Waals surface area contributed by atoms with Crippen molar-refractivity contribution in [3.63, 3.8) is 0 Å². The Morgan fingerprint density at radius 1 is 1.36 bits per heavy atom. The van der Waals surface area contributed by atoms with Crippen molar-refractivity contribution in [3.8, 4) is 0 Å². The average Bonchev–Trinajstić information content (AvgIpc) is 2.96. The summed E-state index contributed by atoms with van der Waals surface area (Å²) in [6.07, 6.45) is -2.21. The van der Waals surface area contributed by atoms with E-state index in [9.17, 15) is 27.9 Å². The van der Waals surface area contributed by atoms with E-state index in [0.717, 1.165) is 9.25 Å². The molecule has 1 aliphatic heterocycles. The Kier molecular flexibility index (Phi) is 4.16. The van der Waals surface area contributed by atoms with Crippen molar-refractivity contribution in [1.82, 2.24) is 24.3 Å². The van der Waals surface area contributed by atoms with Gasteiger partial charge in [0.25, 0.3) is 0 Å². The fourth-order valence-corrected chi connectivity index (χ4v) is 3.44. The van der Waals surface area contributed by atoms with Gasteiger partial charge in [0.05, 0.1) is 6.54 Å². The number of carbonyl (C=O) groups is 1. The molecule has 0 fully saturated rings. The Balaban J connectivity index is 1.83. The molecule has 0 amide bonds. The van der Waals surface area contributed by atoms with E-state index in [1.165, 1.54) is 12.3 Å². The minimum atomic E-state index is -4.74. The SMILES string of the molecule is O=C(O)[C@@H]1CCCc2nn(Cc3cc4cccnc4nc3C(F)(F)F)c(=O)n21. The summed E-state index contributed by atoms with van der Waals surface area (Å²) in [7, 11) is 0. The summed E-state index contributed by atoms with van der Waals surface area (Å²) in [6.45, 7) is -0.474. The molecular weight excluding hydrogens is 379 g/mol. The fourth-order valence-electron chi connectivity index (χ4n) is 3.44. The highest BCUT2D eigenvalue weighted by atomic mass is 19.4. The number of halogens is 3. The quantitative estimate of drug-likeness (QED) is 0.730. The molecule has 1 atom stereocenters. The molecule has 0 saturated heterocycles. The minimum Gasteiger partial charge on any atom is -0.480 e. The second kappa shape index (κ2) is 6.43. The lowest BCUT2D eigenvalue weighted by Crippen LogP contribution is -2.34. The highest BCUT2D eigenvalue weighted by molar-refractivity contribution is 5.75. The van der Waals surface area contributed by atoms with E-state index in [-0.39, 0.29) is 23.5 Å². The number of rotatable bonds is 3. The number of carboxylic acid groups (broad SMARTS) is 1. The first-order valence-electron chi connectivity index (χ1n) is 8.48. The van der Waals surface area contributed by atoms with Crippen LogP contribution in [0.3, 0.4) is 0 Å². The molecule has 0 aromatic carbocycles. The van der Waals surface area contributed by atoms with Crippen molar-refractivity contribution < 1.29 is 23.1 Å². The van der Waals surface area contributed by atoms with Crippen LogP contribution >= 0.6 is 0 Å². The molecule has 0 bridgehead atoms. The zero-order valence-corrected chi connectivity index (χ0v) is 14.3. The third-order valence-corrected chi connectivity index (χ3v) is 4.67. The van der Waals surface area contributed by atoms with Gasteiger partial charge in [0, 0.05) is 23.6 Å². The van der Waals surface area contributed by atoms with Crippen molar-refractivity contribution in [2.45, 2.75) is 38.0 Å². The van der Waals surface area contributed by atoms with E-state index < -0.39 is 36.1 Å². The number of carboxylic acids is 1. The van der Waals surface area contributed by atoms with Gasteiger partial charge in [-0.25, -0.2) is 24.2 Å². The van der Waals surface area contributed by atoms with E-state index in [1.54, 1.807) is 12.1 Å². The monoisotopic (exact) mass is 393 g/mol. The molecule has 28 heavy (non-hydrogen) atoms. The zero-order valence-electron chi connectivity index (χ0n) is 14.3. The first-order chi connectivity index (χ1) is 13.3.